The Bertz CT molecular complexity index is 251. The van der Waals surface area contributed by atoms with Crippen LogP contribution in [-0.4, -0.2) is 0 Å². The highest BCUT2D eigenvalue weighted by Gasteiger charge is 2.09. The van der Waals surface area contributed by atoms with E-state index in [1.165, 1.54) is 36.8 Å². The summed E-state index contributed by atoms with van der Waals surface area (Å²) in [5.74, 6) is 0.655. The lowest BCUT2D eigenvalue weighted by atomic mass is 9.97. The summed E-state index contributed by atoms with van der Waals surface area (Å²) < 4.78 is 0. The predicted octanol–water partition coefficient (Wildman–Crippen LogP) is 4.65. The topological polar surface area (TPSA) is 0 Å². The van der Waals surface area contributed by atoms with Gasteiger partial charge in [0.25, 0.3) is 0 Å². The Morgan fingerprint density at radius 3 is 2.71 bits per heavy atom. The Morgan fingerprint density at radius 2 is 2.07 bits per heavy atom. The third-order valence-electron chi connectivity index (χ3n) is 2.68. The van der Waals surface area contributed by atoms with Gasteiger partial charge < -0.3 is 0 Å². The summed E-state index contributed by atoms with van der Waals surface area (Å²) in [6.45, 7) is 6.78. The molecule has 0 unspecified atom stereocenters. The van der Waals surface area contributed by atoms with E-state index < -0.39 is 0 Å². The smallest absolute Gasteiger partial charge is 0.0213 e. The van der Waals surface area contributed by atoms with Gasteiger partial charge in [0, 0.05) is 0 Å². The maximum absolute atomic E-state index is 2.39. The second-order valence-electron chi connectivity index (χ2n) is 4.29. The maximum atomic E-state index is 2.39. The summed E-state index contributed by atoms with van der Waals surface area (Å²) >= 11 is 0. The van der Waals surface area contributed by atoms with Crippen molar-refractivity contribution in [1.29, 1.82) is 0 Å². The van der Waals surface area contributed by atoms with Crippen LogP contribution in [0.4, 0.5) is 0 Å². The standard InChI is InChI=1S/C14H22/c1-4-5-6-7-9-13-10-8-11-14(13)12(2)3/h8-12H,4-7H2,1-3H3. The molecule has 0 spiro atoms. The van der Waals surface area contributed by atoms with Crippen molar-refractivity contribution in [3.63, 3.8) is 0 Å². The average Bonchev–Trinajstić information content (AvgIpc) is 2.60. The fourth-order valence-corrected chi connectivity index (χ4v) is 1.81. The van der Waals surface area contributed by atoms with Gasteiger partial charge in [-0.15, -0.1) is 0 Å². The summed E-state index contributed by atoms with van der Waals surface area (Å²) in [4.78, 5) is 0. The van der Waals surface area contributed by atoms with Crippen LogP contribution in [0.2, 0.25) is 0 Å². The summed E-state index contributed by atoms with van der Waals surface area (Å²) in [5.41, 5.74) is 2.96. The van der Waals surface area contributed by atoms with E-state index in [0.717, 1.165) is 0 Å². The molecule has 14 heavy (non-hydrogen) atoms. The van der Waals surface area contributed by atoms with E-state index in [4.69, 9.17) is 0 Å². The Balaban J connectivity index is 2.43. The van der Waals surface area contributed by atoms with E-state index in [2.05, 4.69) is 45.1 Å². The number of unbranched alkanes of at least 4 members (excludes halogenated alkanes) is 3. The molecule has 0 aromatic heterocycles. The van der Waals surface area contributed by atoms with Crippen molar-refractivity contribution >= 4 is 0 Å². The molecule has 0 amide bonds. The van der Waals surface area contributed by atoms with Crippen LogP contribution < -0.4 is 0 Å². The second kappa shape index (κ2) is 5.85. The third-order valence-corrected chi connectivity index (χ3v) is 2.68. The lowest BCUT2D eigenvalue weighted by Gasteiger charge is -2.08. The van der Waals surface area contributed by atoms with Gasteiger partial charge >= 0.3 is 0 Å². The van der Waals surface area contributed by atoms with E-state index in [1.54, 1.807) is 0 Å². The van der Waals surface area contributed by atoms with Crippen molar-refractivity contribution in [3.8, 4) is 0 Å². The zero-order valence-electron chi connectivity index (χ0n) is 9.72. The minimum atomic E-state index is 0.655. The van der Waals surface area contributed by atoms with Crippen molar-refractivity contribution in [2.75, 3.05) is 0 Å². The fourth-order valence-electron chi connectivity index (χ4n) is 1.81. The first kappa shape index (κ1) is 11.3. The molecular weight excluding hydrogens is 168 g/mol. The van der Waals surface area contributed by atoms with Gasteiger partial charge in [-0.3, -0.25) is 0 Å². The van der Waals surface area contributed by atoms with Gasteiger partial charge in [0.15, 0.2) is 0 Å². The van der Waals surface area contributed by atoms with Gasteiger partial charge in [0.2, 0.25) is 0 Å². The zero-order chi connectivity index (χ0) is 10.4. The third kappa shape index (κ3) is 3.17. The van der Waals surface area contributed by atoms with E-state index in [0.29, 0.717) is 5.92 Å². The fraction of sp³-hybridized carbons (Fsp3) is 0.571. The Labute approximate surface area is 88.4 Å². The molecule has 0 saturated carbocycles. The first-order chi connectivity index (χ1) is 6.75. The molecule has 0 aliphatic heterocycles. The highest BCUT2D eigenvalue weighted by molar-refractivity contribution is 5.48. The molecule has 0 atom stereocenters. The lowest BCUT2D eigenvalue weighted by Crippen LogP contribution is -1.93. The summed E-state index contributed by atoms with van der Waals surface area (Å²) in [6, 6.07) is 0. The molecule has 0 N–H and O–H groups in total. The van der Waals surface area contributed by atoms with E-state index in [-0.39, 0.29) is 0 Å². The van der Waals surface area contributed by atoms with Crippen LogP contribution in [0.15, 0.2) is 35.5 Å². The molecule has 1 aliphatic carbocycles. The van der Waals surface area contributed by atoms with Crippen LogP contribution in [0, 0.1) is 5.92 Å². The molecule has 0 saturated heterocycles. The molecule has 1 aliphatic rings. The average molecular weight is 190 g/mol. The van der Waals surface area contributed by atoms with Crippen LogP contribution >= 0.6 is 0 Å². The lowest BCUT2D eigenvalue weighted by molar-refractivity contribution is 0.725. The van der Waals surface area contributed by atoms with E-state index in [1.807, 2.05) is 0 Å². The molecule has 0 fully saturated rings. The van der Waals surface area contributed by atoms with Gasteiger partial charge in [0.05, 0.1) is 0 Å². The maximum Gasteiger partial charge on any atom is -0.0213 e. The minimum Gasteiger partial charge on any atom is -0.0770 e. The molecule has 78 valence electrons. The SMILES string of the molecule is CCCCCC=C1C=CC=C1C(C)C. The molecule has 0 bridgehead atoms. The van der Waals surface area contributed by atoms with Crippen molar-refractivity contribution in [3.05, 3.63) is 35.5 Å². The van der Waals surface area contributed by atoms with Crippen LogP contribution in [0.25, 0.3) is 0 Å². The molecule has 0 radical (unpaired) electrons. The van der Waals surface area contributed by atoms with Gasteiger partial charge in [-0.1, -0.05) is 57.9 Å². The molecule has 0 heterocycles. The molecule has 0 aromatic carbocycles. The van der Waals surface area contributed by atoms with Crippen LogP contribution in [0.1, 0.15) is 46.5 Å². The van der Waals surface area contributed by atoms with E-state index in [9.17, 15) is 0 Å². The normalized spacial score (nSPS) is 18.3. The first-order valence-electron chi connectivity index (χ1n) is 5.84. The van der Waals surface area contributed by atoms with Gasteiger partial charge in [-0.25, -0.2) is 0 Å². The van der Waals surface area contributed by atoms with Crippen molar-refractivity contribution in [1.82, 2.24) is 0 Å². The number of hydrogen-bond donors (Lipinski definition) is 0. The number of rotatable bonds is 5. The van der Waals surface area contributed by atoms with Crippen molar-refractivity contribution in [2.45, 2.75) is 46.5 Å². The summed E-state index contributed by atoms with van der Waals surface area (Å²) in [7, 11) is 0. The number of allylic oxidation sites excluding steroid dienone is 6. The molecular formula is C14H22. The highest BCUT2D eigenvalue weighted by Crippen LogP contribution is 2.26. The number of hydrogen-bond acceptors (Lipinski definition) is 0. The van der Waals surface area contributed by atoms with Gasteiger partial charge in [-0.2, -0.15) is 0 Å². The molecule has 0 aromatic rings. The van der Waals surface area contributed by atoms with Crippen LogP contribution in [0.5, 0.6) is 0 Å². The van der Waals surface area contributed by atoms with Crippen molar-refractivity contribution < 1.29 is 0 Å². The summed E-state index contributed by atoms with van der Waals surface area (Å²) in [5, 5.41) is 0. The second-order valence-corrected chi connectivity index (χ2v) is 4.29. The van der Waals surface area contributed by atoms with Crippen molar-refractivity contribution in [2.24, 2.45) is 5.92 Å². The molecule has 1 rings (SSSR count). The molecule has 0 nitrogen and oxygen atoms in total. The monoisotopic (exact) mass is 190 g/mol. The predicted molar refractivity (Wildman–Crippen MR) is 64.3 cm³/mol. The quantitative estimate of drug-likeness (QED) is 0.554. The Hall–Kier alpha value is -0.780. The zero-order valence-corrected chi connectivity index (χ0v) is 9.72. The highest BCUT2D eigenvalue weighted by atomic mass is 14.1. The van der Waals surface area contributed by atoms with E-state index >= 15 is 0 Å². The van der Waals surface area contributed by atoms with Gasteiger partial charge in [-0.05, 0) is 29.9 Å². The largest absolute Gasteiger partial charge is 0.0770 e. The summed E-state index contributed by atoms with van der Waals surface area (Å²) in [6.07, 6.45) is 14.3. The first-order valence-corrected chi connectivity index (χ1v) is 5.84. The van der Waals surface area contributed by atoms with Gasteiger partial charge in [0.1, 0.15) is 0 Å². The van der Waals surface area contributed by atoms with Crippen LogP contribution in [-0.2, 0) is 0 Å². The molecule has 0 heteroatoms. The Kier molecular flexibility index (Phi) is 4.72. The Morgan fingerprint density at radius 1 is 1.29 bits per heavy atom. The van der Waals surface area contributed by atoms with Crippen LogP contribution in [0.3, 0.4) is 0 Å². The minimum absolute atomic E-state index is 0.655.